The van der Waals surface area contributed by atoms with E-state index in [4.69, 9.17) is 4.42 Å². The van der Waals surface area contributed by atoms with Crippen LogP contribution in [0, 0.1) is 0 Å². The lowest BCUT2D eigenvalue weighted by atomic mass is 9.99. The van der Waals surface area contributed by atoms with Crippen molar-refractivity contribution in [3.05, 3.63) is 126 Å². The van der Waals surface area contributed by atoms with E-state index in [1.807, 2.05) is 25.1 Å². The number of furan rings is 1. The maximum atomic E-state index is 6.27. The largest absolute Gasteiger partial charge is 0.455 e. The van der Waals surface area contributed by atoms with Crippen molar-refractivity contribution in [3.63, 3.8) is 0 Å². The van der Waals surface area contributed by atoms with Gasteiger partial charge in [0.1, 0.15) is 11.3 Å². The highest BCUT2D eigenvalue weighted by molar-refractivity contribution is 5.96. The summed E-state index contributed by atoms with van der Waals surface area (Å²) in [6.07, 6.45) is 13.8. The number of hydrogen-bond donors (Lipinski definition) is 1. The van der Waals surface area contributed by atoms with Crippen molar-refractivity contribution in [2.45, 2.75) is 20.3 Å². The van der Waals surface area contributed by atoms with E-state index in [1.54, 1.807) is 0 Å². The molecule has 0 fully saturated rings. The molecule has 1 heterocycles. The molecule has 0 atom stereocenters. The van der Waals surface area contributed by atoms with E-state index in [0.717, 1.165) is 51.2 Å². The molecule has 3 aromatic carbocycles. The van der Waals surface area contributed by atoms with Gasteiger partial charge in [-0.2, -0.15) is 0 Å². The van der Waals surface area contributed by atoms with Crippen LogP contribution in [0.4, 0.5) is 11.4 Å². The van der Waals surface area contributed by atoms with Crippen LogP contribution in [0.1, 0.15) is 42.7 Å². The highest BCUT2D eigenvalue weighted by Gasteiger charge is 2.18. The van der Waals surface area contributed by atoms with Crippen LogP contribution in [0.2, 0.25) is 0 Å². The third-order valence-electron chi connectivity index (χ3n) is 5.98. The first-order valence-corrected chi connectivity index (χ1v) is 11.4. The lowest BCUT2D eigenvalue weighted by molar-refractivity contribution is 0.599. The average molecular weight is 430 g/mol. The fourth-order valence-electron chi connectivity index (χ4n) is 4.20. The minimum atomic E-state index is 0.891. The molecule has 2 heteroatoms. The molecule has 1 aromatic heterocycles. The Hall–Kier alpha value is -4.04. The Labute approximate surface area is 195 Å². The van der Waals surface area contributed by atoms with Gasteiger partial charge in [-0.05, 0) is 67.3 Å². The van der Waals surface area contributed by atoms with Gasteiger partial charge >= 0.3 is 0 Å². The molecule has 5 rings (SSSR count). The fourth-order valence-corrected chi connectivity index (χ4v) is 4.20. The summed E-state index contributed by atoms with van der Waals surface area (Å²) >= 11 is 0. The molecule has 1 aliphatic rings. The van der Waals surface area contributed by atoms with Gasteiger partial charge in [0.05, 0.1) is 0 Å². The lowest BCUT2D eigenvalue weighted by Crippen LogP contribution is -1.92. The summed E-state index contributed by atoms with van der Waals surface area (Å²) in [5.41, 5.74) is 9.00. The van der Waals surface area contributed by atoms with Gasteiger partial charge < -0.3 is 9.73 Å². The molecule has 0 radical (unpaired) electrons. The maximum Gasteiger partial charge on any atom is 0.142 e. The number of fused-ring (bicyclic) bond motifs is 3. The molecule has 2 nitrogen and oxygen atoms in total. The van der Waals surface area contributed by atoms with Gasteiger partial charge in [0.2, 0.25) is 0 Å². The predicted octanol–water partition coefficient (Wildman–Crippen LogP) is 9.00. The molecule has 0 saturated heterocycles. The Morgan fingerprint density at radius 1 is 0.909 bits per heavy atom. The Kier molecular flexibility index (Phi) is 5.82. The van der Waals surface area contributed by atoms with Crippen LogP contribution >= 0.6 is 0 Å². The smallest absolute Gasteiger partial charge is 0.142 e. The van der Waals surface area contributed by atoms with Crippen LogP contribution in [0.15, 0.2) is 108 Å². The standard InChI is InChI=1S/C31H27NO/c1-3-4-9-22(2)23-14-18-25(19-15-23)32-26-20-16-24(17-21-26)27-10-5-6-12-29-28-11-7-8-13-30(28)33-31(27)29/h3-4,6-21,32H,5H2,1-2H3/b4-3-,22-9+. The molecule has 1 N–H and O–H groups in total. The quantitative estimate of drug-likeness (QED) is 0.320. The third kappa shape index (κ3) is 4.33. The van der Waals surface area contributed by atoms with Crippen molar-refractivity contribution in [2.75, 3.05) is 5.32 Å². The molecule has 0 bridgehead atoms. The lowest BCUT2D eigenvalue weighted by Gasteiger charge is -2.10. The van der Waals surface area contributed by atoms with E-state index in [-0.39, 0.29) is 0 Å². The highest BCUT2D eigenvalue weighted by atomic mass is 16.3. The van der Waals surface area contributed by atoms with E-state index in [1.165, 1.54) is 11.1 Å². The van der Waals surface area contributed by atoms with Crippen LogP contribution in [0.5, 0.6) is 0 Å². The third-order valence-corrected chi connectivity index (χ3v) is 5.98. The number of hydrogen-bond acceptors (Lipinski definition) is 2. The van der Waals surface area contributed by atoms with Crippen LogP contribution in [-0.2, 0) is 0 Å². The summed E-state index contributed by atoms with van der Waals surface area (Å²) in [4.78, 5) is 0. The first kappa shape index (κ1) is 20.8. The normalized spacial score (nSPS) is 13.8. The minimum absolute atomic E-state index is 0.891. The van der Waals surface area contributed by atoms with Gasteiger partial charge in [0, 0.05) is 27.9 Å². The van der Waals surface area contributed by atoms with E-state index >= 15 is 0 Å². The number of benzene rings is 3. The second kappa shape index (κ2) is 9.22. The van der Waals surface area contributed by atoms with Crippen LogP contribution in [-0.4, -0.2) is 0 Å². The number of anilines is 2. The van der Waals surface area contributed by atoms with E-state index in [0.29, 0.717) is 0 Å². The first-order chi connectivity index (χ1) is 16.2. The van der Waals surface area contributed by atoms with Gasteiger partial charge in [-0.3, -0.25) is 0 Å². The van der Waals surface area contributed by atoms with Crippen molar-refractivity contribution in [2.24, 2.45) is 0 Å². The summed E-state index contributed by atoms with van der Waals surface area (Å²) in [5, 5.41) is 4.67. The van der Waals surface area contributed by atoms with Gasteiger partial charge in [-0.15, -0.1) is 0 Å². The summed E-state index contributed by atoms with van der Waals surface area (Å²) in [7, 11) is 0. The number of rotatable bonds is 5. The van der Waals surface area contributed by atoms with Crippen molar-refractivity contribution >= 4 is 39.6 Å². The van der Waals surface area contributed by atoms with Crippen LogP contribution in [0.25, 0.3) is 28.2 Å². The van der Waals surface area contributed by atoms with E-state index in [2.05, 4.69) is 103 Å². The molecule has 162 valence electrons. The number of nitrogens with one attached hydrogen (secondary N) is 1. The number of allylic oxidation sites excluding steroid dienone is 6. The molecule has 0 amide bonds. The summed E-state index contributed by atoms with van der Waals surface area (Å²) in [5.74, 6) is 0.947. The maximum absolute atomic E-state index is 6.27. The van der Waals surface area contributed by atoms with Crippen LogP contribution in [0.3, 0.4) is 0 Å². The summed E-state index contributed by atoms with van der Waals surface area (Å²) < 4.78 is 6.27. The second-order valence-corrected chi connectivity index (χ2v) is 8.25. The Balaban J connectivity index is 1.37. The SMILES string of the molecule is C/C=C\C=C(/C)c1ccc(Nc2ccc(C3=CCC=Cc4c3oc3ccccc43)cc2)cc1. The Morgan fingerprint density at radius 2 is 1.64 bits per heavy atom. The molecule has 0 spiro atoms. The number of para-hydroxylation sites is 1. The Morgan fingerprint density at radius 3 is 2.39 bits per heavy atom. The zero-order chi connectivity index (χ0) is 22.6. The van der Waals surface area contributed by atoms with Gasteiger partial charge in [-0.1, -0.05) is 78.9 Å². The summed E-state index contributed by atoms with van der Waals surface area (Å²) in [6.45, 7) is 4.16. The van der Waals surface area contributed by atoms with Crippen LogP contribution < -0.4 is 5.32 Å². The summed E-state index contributed by atoms with van der Waals surface area (Å²) in [6, 6.07) is 25.4. The molecular formula is C31H27NO. The topological polar surface area (TPSA) is 25.2 Å². The predicted molar refractivity (Wildman–Crippen MR) is 142 cm³/mol. The van der Waals surface area contributed by atoms with Crippen molar-refractivity contribution in [1.29, 1.82) is 0 Å². The van der Waals surface area contributed by atoms with Crippen molar-refractivity contribution in [3.8, 4) is 0 Å². The second-order valence-electron chi connectivity index (χ2n) is 8.25. The molecule has 0 saturated carbocycles. The molecule has 0 aliphatic heterocycles. The van der Waals surface area contributed by atoms with Crippen molar-refractivity contribution < 1.29 is 4.42 Å². The Bertz CT molecular complexity index is 1390. The minimum Gasteiger partial charge on any atom is -0.455 e. The molecular weight excluding hydrogens is 402 g/mol. The average Bonchev–Trinajstić information content (AvgIpc) is 3.09. The van der Waals surface area contributed by atoms with Gasteiger partial charge in [0.25, 0.3) is 0 Å². The van der Waals surface area contributed by atoms with E-state index < -0.39 is 0 Å². The first-order valence-electron chi connectivity index (χ1n) is 11.4. The van der Waals surface area contributed by atoms with Crippen molar-refractivity contribution in [1.82, 2.24) is 0 Å². The molecule has 33 heavy (non-hydrogen) atoms. The highest BCUT2D eigenvalue weighted by Crippen LogP contribution is 2.37. The molecule has 4 aromatic rings. The zero-order valence-electron chi connectivity index (χ0n) is 19.0. The molecule has 0 unspecified atom stereocenters. The van der Waals surface area contributed by atoms with E-state index in [9.17, 15) is 0 Å². The monoisotopic (exact) mass is 429 g/mol. The fraction of sp³-hybridized carbons (Fsp3) is 0.0968. The zero-order valence-corrected chi connectivity index (χ0v) is 19.0. The van der Waals surface area contributed by atoms with Gasteiger partial charge in [-0.25, -0.2) is 0 Å². The van der Waals surface area contributed by atoms with Gasteiger partial charge in [0.15, 0.2) is 0 Å². The molecule has 1 aliphatic carbocycles.